The van der Waals surface area contributed by atoms with Crippen LogP contribution in [-0.2, 0) is 13.6 Å². The molecule has 4 rings (SSSR count). The predicted octanol–water partition coefficient (Wildman–Crippen LogP) is 2.17. The van der Waals surface area contributed by atoms with Crippen LogP contribution in [0.2, 0.25) is 0 Å². The average Bonchev–Trinajstić information content (AvgIpc) is 3.14. The van der Waals surface area contributed by atoms with Crippen LogP contribution in [0.25, 0.3) is 27.7 Å². The highest BCUT2D eigenvalue weighted by Crippen LogP contribution is 2.23. The predicted molar refractivity (Wildman–Crippen MR) is 106 cm³/mol. The van der Waals surface area contributed by atoms with E-state index in [1.165, 1.54) is 21.7 Å². The van der Waals surface area contributed by atoms with Crippen LogP contribution in [0.1, 0.15) is 23.2 Å². The SMILES string of the molecule is CCn1c2c(C(=O)O)nccc2c(=O)n1-c1ccc(-c2c(C)on(C)c2=O)cc1. The van der Waals surface area contributed by atoms with Gasteiger partial charge >= 0.3 is 5.97 Å². The molecular formula is C20H18N4O5. The first-order valence-electron chi connectivity index (χ1n) is 8.96. The summed E-state index contributed by atoms with van der Waals surface area (Å²) in [6.45, 7) is 3.90. The fourth-order valence-corrected chi connectivity index (χ4v) is 3.62. The summed E-state index contributed by atoms with van der Waals surface area (Å²) in [4.78, 5) is 40.8. The summed E-state index contributed by atoms with van der Waals surface area (Å²) in [5.41, 5.74) is 1.19. The Labute approximate surface area is 164 Å². The second-order valence-corrected chi connectivity index (χ2v) is 6.57. The van der Waals surface area contributed by atoms with Gasteiger partial charge in [-0.25, -0.2) is 14.5 Å². The van der Waals surface area contributed by atoms with Crippen LogP contribution < -0.4 is 11.1 Å². The van der Waals surface area contributed by atoms with Crippen LogP contribution in [-0.4, -0.2) is 30.2 Å². The normalized spacial score (nSPS) is 11.3. The molecule has 9 nitrogen and oxygen atoms in total. The molecule has 3 aromatic heterocycles. The minimum absolute atomic E-state index is 0.172. The number of aromatic nitrogens is 4. The maximum absolute atomic E-state index is 13.0. The zero-order valence-electron chi connectivity index (χ0n) is 16.0. The van der Waals surface area contributed by atoms with E-state index < -0.39 is 5.97 Å². The van der Waals surface area contributed by atoms with Crippen molar-refractivity contribution in [2.75, 3.05) is 0 Å². The summed E-state index contributed by atoms with van der Waals surface area (Å²) in [6.07, 6.45) is 1.32. The molecule has 0 fully saturated rings. The number of pyridine rings is 1. The molecule has 3 heterocycles. The van der Waals surface area contributed by atoms with Crippen LogP contribution in [0, 0.1) is 6.92 Å². The number of carboxylic acids is 1. The minimum atomic E-state index is -1.20. The molecule has 0 unspecified atom stereocenters. The van der Waals surface area contributed by atoms with Crippen LogP contribution >= 0.6 is 0 Å². The van der Waals surface area contributed by atoms with Crippen molar-refractivity contribution in [2.45, 2.75) is 20.4 Å². The highest BCUT2D eigenvalue weighted by Gasteiger charge is 2.21. The van der Waals surface area contributed by atoms with E-state index in [1.54, 1.807) is 42.9 Å². The Kier molecular flexibility index (Phi) is 4.22. The number of hydrogen-bond donors (Lipinski definition) is 1. The molecule has 9 heteroatoms. The molecule has 0 aliphatic rings. The lowest BCUT2D eigenvalue weighted by Gasteiger charge is -2.11. The number of carboxylic acid groups (broad SMARTS) is 1. The van der Waals surface area contributed by atoms with Crippen LogP contribution in [0.3, 0.4) is 0 Å². The molecule has 0 atom stereocenters. The highest BCUT2D eigenvalue weighted by atomic mass is 16.5. The van der Waals surface area contributed by atoms with E-state index in [9.17, 15) is 19.5 Å². The smallest absolute Gasteiger partial charge is 0.356 e. The summed E-state index contributed by atoms with van der Waals surface area (Å²) in [6, 6.07) is 8.40. The average molecular weight is 394 g/mol. The van der Waals surface area contributed by atoms with E-state index in [0.29, 0.717) is 29.1 Å². The van der Waals surface area contributed by atoms with E-state index in [0.717, 1.165) is 0 Å². The van der Waals surface area contributed by atoms with E-state index in [4.69, 9.17) is 4.52 Å². The highest BCUT2D eigenvalue weighted by molar-refractivity contribution is 6.00. The molecule has 0 aliphatic carbocycles. The fourth-order valence-electron chi connectivity index (χ4n) is 3.62. The van der Waals surface area contributed by atoms with Crippen molar-refractivity contribution in [1.82, 2.24) is 19.1 Å². The fraction of sp³-hybridized carbons (Fsp3) is 0.200. The Balaban J connectivity index is 1.93. The number of rotatable bonds is 4. The largest absolute Gasteiger partial charge is 0.476 e. The number of aryl methyl sites for hydroxylation is 3. The van der Waals surface area contributed by atoms with Gasteiger partial charge in [0.2, 0.25) is 0 Å². The molecule has 0 saturated carbocycles. The van der Waals surface area contributed by atoms with Crippen molar-refractivity contribution < 1.29 is 14.4 Å². The molecule has 4 aromatic rings. The Morgan fingerprint density at radius 1 is 1.14 bits per heavy atom. The standard InChI is InChI=1S/C20H18N4O5/c1-4-23-17-14(9-10-21-16(17)20(27)28)18(25)24(23)13-7-5-12(6-8-13)15-11(2)29-22(3)19(15)26/h5-10H,4H2,1-3H3,(H,27,28). The van der Waals surface area contributed by atoms with Gasteiger partial charge in [0.05, 0.1) is 16.6 Å². The first kappa shape index (κ1) is 18.5. The lowest BCUT2D eigenvalue weighted by Crippen LogP contribution is -2.21. The molecule has 1 N–H and O–H groups in total. The van der Waals surface area contributed by atoms with Gasteiger partial charge in [-0.15, -0.1) is 0 Å². The maximum atomic E-state index is 13.0. The molecule has 1 aromatic carbocycles. The lowest BCUT2D eigenvalue weighted by molar-refractivity contribution is 0.0692. The van der Waals surface area contributed by atoms with Gasteiger partial charge in [-0.1, -0.05) is 12.1 Å². The van der Waals surface area contributed by atoms with Gasteiger partial charge in [0.15, 0.2) is 5.69 Å². The Bertz CT molecular complexity index is 1370. The molecule has 0 radical (unpaired) electrons. The van der Waals surface area contributed by atoms with Gasteiger partial charge in [-0.2, -0.15) is 4.74 Å². The van der Waals surface area contributed by atoms with Crippen LogP contribution in [0.5, 0.6) is 0 Å². The number of carbonyl (C=O) groups is 1. The van der Waals surface area contributed by atoms with Crippen molar-refractivity contribution in [2.24, 2.45) is 7.05 Å². The molecule has 148 valence electrons. The molecule has 0 aliphatic heterocycles. The topological polar surface area (TPSA) is 112 Å². The second kappa shape index (κ2) is 6.62. The van der Waals surface area contributed by atoms with Gasteiger partial charge in [0.25, 0.3) is 11.1 Å². The van der Waals surface area contributed by atoms with Crippen LogP contribution in [0.4, 0.5) is 0 Å². The van der Waals surface area contributed by atoms with Crippen molar-refractivity contribution >= 4 is 16.9 Å². The van der Waals surface area contributed by atoms with Gasteiger partial charge in [-0.05, 0) is 37.6 Å². The number of benzene rings is 1. The first-order chi connectivity index (χ1) is 13.8. The summed E-state index contributed by atoms with van der Waals surface area (Å²) in [7, 11) is 1.54. The van der Waals surface area contributed by atoms with Crippen molar-refractivity contribution in [1.29, 1.82) is 0 Å². The van der Waals surface area contributed by atoms with E-state index >= 15 is 0 Å². The third kappa shape index (κ3) is 2.70. The Morgan fingerprint density at radius 3 is 2.38 bits per heavy atom. The quantitative estimate of drug-likeness (QED) is 0.568. The summed E-state index contributed by atoms with van der Waals surface area (Å²) < 4.78 is 9.50. The van der Waals surface area contributed by atoms with Crippen molar-refractivity contribution in [3.63, 3.8) is 0 Å². The first-order valence-corrected chi connectivity index (χ1v) is 8.96. The molecule has 0 amide bonds. The van der Waals surface area contributed by atoms with Gasteiger partial charge in [0, 0.05) is 19.8 Å². The van der Waals surface area contributed by atoms with Gasteiger partial charge < -0.3 is 9.63 Å². The van der Waals surface area contributed by atoms with E-state index in [2.05, 4.69) is 4.98 Å². The molecular weight excluding hydrogens is 376 g/mol. The summed E-state index contributed by atoms with van der Waals surface area (Å²) in [5.74, 6) is -0.696. The van der Waals surface area contributed by atoms with E-state index in [-0.39, 0.29) is 27.7 Å². The summed E-state index contributed by atoms with van der Waals surface area (Å²) in [5, 5.41) is 9.74. The number of hydrogen-bond acceptors (Lipinski definition) is 5. The lowest BCUT2D eigenvalue weighted by atomic mass is 10.1. The molecule has 29 heavy (non-hydrogen) atoms. The number of nitrogens with zero attached hydrogens (tertiary/aromatic N) is 4. The third-order valence-corrected chi connectivity index (χ3v) is 4.88. The Morgan fingerprint density at radius 2 is 1.83 bits per heavy atom. The maximum Gasteiger partial charge on any atom is 0.356 e. The van der Waals surface area contributed by atoms with Gasteiger partial charge in [0.1, 0.15) is 11.3 Å². The second-order valence-electron chi connectivity index (χ2n) is 6.57. The zero-order chi connectivity index (χ0) is 20.9. The number of fused-ring (bicyclic) bond motifs is 1. The molecule has 0 spiro atoms. The van der Waals surface area contributed by atoms with Crippen LogP contribution in [0.15, 0.2) is 50.6 Å². The van der Waals surface area contributed by atoms with Crippen molar-refractivity contribution in [3.05, 3.63) is 68.7 Å². The summed E-state index contributed by atoms with van der Waals surface area (Å²) >= 11 is 0. The minimum Gasteiger partial charge on any atom is -0.476 e. The third-order valence-electron chi connectivity index (χ3n) is 4.88. The number of aromatic carboxylic acids is 1. The van der Waals surface area contributed by atoms with E-state index in [1.807, 2.05) is 6.92 Å². The Hall–Kier alpha value is -3.88. The van der Waals surface area contributed by atoms with Crippen molar-refractivity contribution in [3.8, 4) is 16.8 Å². The molecule has 0 bridgehead atoms. The van der Waals surface area contributed by atoms with Gasteiger partial charge in [-0.3, -0.25) is 14.3 Å². The zero-order valence-corrected chi connectivity index (χ0v) is 16.0. The molecule has 0 saturated heterocycles. The monoisotopic (exact) mass is 394 g/mol.